The molecule has 6 nitrogen and oxygen atoms in total. The summed E-state index contributed by atoms with van der Waals surface area (Å²) in [4.78, 5) is 16.8. The second-order valence-corrected chi connectivity index (χ2v) is 51.1. The molecule has 534 valence electrons. The van der Waals surface area contributed by atoms with E-state index in [-0.39, 0.29) is 21.7 Å². The van der Waals surface area contributed by atoms with E-state index in [0.717, 1.165) is 11.4 Å². The van der Waals surface area contributed by atoms with Gasteiger partial charge in [0.1, 0.15) is 0 Å². The molecule has 112 heavy (non-hydrogen) atoms. The van der Waals surface area contributed by atoms with Gasteiger partial charge in [-0.25, -0.2) is 0 Å². The first-order chi connectivity index (χ1) is 54.4. The van der Waals surface area contributed by atoms with Gasteiger partial charge in [-0.05, 0) is 0 Å². The first-order valence-corrected chi connectivity index (χ1v) is 50.6. The molecule has 4 aliphatic carbocycles. The number of rotatable bonds is 6. The van der Waals surface area contributed by atoms with E-state index in [1.165, 1.54) is 206 Å². The Bertz CT molecular complexity index is 6090. The van der Waals surface area contributed by atoms with Crippen LogP contribution in [0.25, 0.3) is 44.5 Å². The van der Waals surface area contributed by atoms with E-state index in [0.29, 0.717) is 0 Å². The average Bonchev–Trinajstić information content (AvgIpc) is 0.918. The van der Waals surface area contributed by atoms with Crippen molar-refractivity contribution in [2.45, 2.75) is 88.6 Å². The van der Waals surface area contributed by atoms with E-state index in [1.807, 2.05) is 0 Å². The van der Waals surface area contributed by atoms with Gasteiger partial charge in [0.15, 0.2) is 0 Å². The molecule has 6 heterocycles. The molecule has 0 atom stereocenters. The van der Waals surface area contributed by atoms with Crippen LogP contribution in [0.4, 0.5) is 102 Å². The Morgan fingerprint density at radius 2 is 0.384 bits per heavy atom. The first-order valence-electron chi connectivity index (χ1n) is 40.1. The van der Waals surface area contributed by atoms with E-state index >= 15 is 0 Å². The van der Waals surface area contributed by atoms with Gasteiger partial charge in [0, 0.05) is 0 Å². The van der Waals surface area contributed by atoms with Crippen molar-refractivity contribution in [2.24, 2.45) is 0 Å². The minimum absolute atomic E-state index is 0.294. The summed E-state index contributed by atoms with van der Waals surface area (Å²) >= 11 is -8.85. The maximum absolute atomic E-state index is 4.43. The average molecular weight is 1560 g/mol. The fourth-order valence-corrected chi connectivity index (χ4v) is 44.7. The van der Waals surface area contributed by atoms with Gasteiger partial charge in [-0.1, -0.05) is 0 Å². The monoisotopic (exact) mass is 1560 g/mol. The minimum atomic E-state index is -4.43. The van der Waals surface area contributed by atoms with E-state index in [4.69, 9.17) is 0 Å². The number of nitrogens with zero attached hydrogens (tertiary/aromatic N) is 6. The predicted octanol–water partition coefficient (Wildman–Crippen LogP) is 23.8. The van der Waals surface area contributed by atoms with Crippen LogP contribution in [-0.2, 0) is 21.7 Å². The van der Waals surface area contributed by atoms with Crippen LogP contribution in [0.3, 0.4) is 0 Å². The van der Waals surface area contributed by atoms with E-state index in [1.54, 1.807) is 0 Å². The molecule has 0 bridgehead atoms. The molecule has 0 fully saturated rings. The van der Waals surface area contributed by atoms with Crippen molar-refractivity contribution >= 4 is 155 Å². The molecule has 0 spiro atoms. The molecular weight excluding hydrogens is 1480 g/mol. The first kappa shape index (κ1) is 63.9. The van der Waals surface area contributed by atoms with Crippen molar-refractivity contribution in [1.82, 2.24) is 0 Å². The Balaban J connectivity index is 0.915. The van der Waals surface area contributed by atoms with E-state index in [2.05, 4.69) is 400 Å². The van der Waals surface area contributed by atoms with Crippen LogP contribution in [0.1, 0.15) is 99.9 Å². The van der Waals surface area contributed by atoms with E-state index < -0.39 is 26.5 Å². The van der Waals surface area contributed by atoms with Crippen molar-refractivity contribution in [1.29, 1.82) is 0 Å². The van der Waals surface area contributed by atoms with Crippen molar-refractivity contribution in [3.63, 3.8) is 0 Å². The topological polar surface area (TPSA) is 19.4 Å². The summed E-state index contributed by atoms with van der Waals surface area (Å²) in [7, 11) is 0. The number of para-hydroxylation sites is 2. The van der Waals surface area contributed by atoms with Gasteiger partial charge in [-0.3, -0.25) is 0 Å². The van der Waals surface area contributed by atoms with Crippen molar-refractivity contribution < 1.29 is 0 Å². The van der Waals surface area contributed by atoms with Crippen molar-refractivity contribution in [3.8, 4) is 44.5 Å². The molecule has 15 aromatic carbocycles. The Hall–Kier alpha value is -11.8. The molecule has 0 radical (unpaired) electrons. The summed E-state index contributed by atoms with van der Waals surface area (Å²) in [5.74, 6) is 5.69. The summed E-state index contributed by atoms with van der Waals surface area (Å²) in [6.07, 6.45) is 0. The van der Waals surface area contributed by atoms with Gasteiger partial charge in [0.05, 0.1) is 0 Å². The SMILES string of the molecule is CC1(C)c2ccccc2-c2ccc(N3c4cccc5[c]4[Ge]4([CH3])[c]6c(cccc6N(c6ccc7c(c6)C(C)(C)c6ccccc6-7)c6c7[c]8c(c3[c]64)N(c3ccc4c(c3)C(C)(C)c3ccccc3-4)c3cccc4[c]3[Ge]8([CH3])[c]3c(cccc3N7c3ccc6c(c3)C(C)(C)c3ccccc3-6)N4c3ccccc3)N5c3ccccc3)cc21. The van der Waals surface area contributed by atoms with E-state index in [9.17, 15) is 0 Å². The predicted molar refractivity (Wildman–Crippen MR) is 473 cm³/mol. The Labute approximate surface area is 660 Å². The summed E-state index contributed by atoms with van der Waals surface area (Å²) < 4.78 is 8.89. The zero-order chi connectivity index (χ0) is 74.9. The fourth-order valence-electron chi connectivity index (χ4n) is 23.8. The summed E-state index contributed by atoms with van der Waals surface area (Å²) in [6.45, 7) is 19.7. The fraction of sp³-hybridized carbons (Fsp3) is 0.135. The summed E-state index contributed by atoms with van der Waals surface area (Å²) in [5, 5.41) is 0. The Morgan fingerprint density at radius 1 is 0.179 bits per heavy atom. The molecule has 6 aliphatic heterocycles. The molecule has 25 rings (SSSR count). The number of anilines is 18. The second kappa shape index (κ2) is 21.2. The van der Waals surface area contributed by atoms with Crippen LogP contribution < -0.4 is 55.8 Å². The molecule has 8 heteroatoms. The van der Waals surface area contributed by atoms with Crippen molar-refractivity contribution in [2.75, 3.05) is 29.4 Å². The molecule has 0 amide bonds. The number of fused-ring (bicyclic) bond motifs is 14. The summed E-state index contributed by atoms with van der Waals surface area (Å²) in [6, 6.07) is 120. The second-order valence-electron chi connectivity index (χ2n) is 35.4. The molecule has 0 unspecified atom stereocenters. The zero-order valence-electron chi connectivity index (χ0n) is 64.6. The molecule has 10 aliphatic rings. The van der Waals surface area contributed by atoms with Crippen LogP contribution in [-0.4, -0.2) is 26.5 Å². The van der Waals surface area contributed by atoms with Crippen LogP contribution in [0.2, 0.25) is 11.5 Å². The van der Waals surface area contributed by atoms with Crippen LogP contribution in [0, 0.1) is 0 Å². The van der Waals surface area contributed by atoms with Gasteiger partial charge in [-0.15, -0.1) is 0 Å². The van der Waals surface area contributed by atoms with Gasteiger partial charge in [-0.2, -0.15) is 0 Å². The van der Waals surface area contributed by atoms with Crippen LogP contribution in [0.15, 0.2) is 303 Å². The number of benzene rings is 15. The third-order valence-corrected chi connectivity index (χ3v) is 47.5. The number of hydrogen-bond acceptors (Lipinski definition) is 6. The maximum atomic E-state index is 2.88. The van der Waals surface area contributed by atoms with Crippen LogP contribution >= 0.6 is 0 Å². The van der Waals surface area contributed by atoms with Gasteiger partial charge < -0.3 is 0 Å². The quantitative estimate of drug-likeness (QED) is 0.153. The van der Waals surface area contributed by atoms with Gasteiger partial charge in [0.25, 0.3) is 0 Å². The van der Waals surface area contributed by atoms with Gasteiger partial charge >= 0.3 is 666 Å². The molecule has 0 aromatic heterocycles. The third-order valence-electron chi connectivity index (χ3n) is 28.6. The third kappa shape index (κ3) is 7.48. The standard InChI is InChI=1S/C104H80Ge2N6/c1-101(2)75-37-21-17-33-67(75)71-53-49-63(57-79(71)101)109-87-45-25-41-83-91(87)105(9)92-84(107(83)61-29-13-11-14-30-61)42-27-47-89(92)111(65-51-55-73-69-35-19-23-39-77(69)103(5,6)81(73)59-65)99-95(105)97(109)98-96-100(99)112(66-52-56-74-70-36-20-24-40-78(70)104(7,8)82(74)60-66)90-48-28-44-86-94(90)106(96,10)93-85(108(86)62-31-15-12-16-32-62)43-26-46-88(93)110(98)64-50-54-72-68-34-18-22-38-76(68)102(3,4)80(72)58-64/h11-60H,1-10H3. The van der Waals surface area contributed by atoms with Gasteiger partial charge in [0.2, 0.25) is 0 Å². The normalized spacial score (nSPS) is 17.3. The molecular formula is C104H80Ge2N6. The zero-order valence-corrected chi connectivity index (χ0v) is 68.7. The molecule has 0 saturated heterocycles. The molecule has 0 saturated carbocycles. The Kier molecular flexibility index (Phi) is 12.1. The van der Waals surface area contributed by atoms with Crippen molar-refractivity contribution in [3.05, 3.63) is 348 Å². The number of hydrogen-bond donors (Lipinski definition) is 0. The van der Waals surface area contributed by atoms with Crippen LogP contribution in [0.5, 0.6) is 0 Å². The molecule has 0 N–H and O–H groups in total. The Morgan fingerprint density at radius 3 is 0.625 bits per heavy atom. The summed E-state index contributed by atoms with van der Waals surface area (Å²) in [5.41, 5.74) is 42.6. The molecule has 15 aromatic rings.